The Kier molecular flexibility index (Phi) is 8.36. The third kappa shape index (κ3) is 5.80. The number of hydrogen-bond donors (Lipinski definition) is 1. The Labute approximate surface area is 182 Å². The van der Waals surface area contributed by atoms with Gasteiger partial charge in [-0.15, -0.1) is 12.4 Å². The van der Waals surface area contributed by atoms with E-state index in [1.54, 1.807) is 10.8 Å². The summed E-state index contributed by atoms with van der Waals surface area (Å²) in [5, 5.41) is 17.0. The molecule has 7 heteroatoms. The van der Waals surface area contributed by atoms with Crippen molar-refractivity contribution in [3.8, 4) is 23.0 Å². The van der Waals surface area contributed by atoms with Gasteiger partial charge in [-0.05, 0) is 32.3 Å². The van der Waals surface area contributed by atoms with Crippen molar-refractivity contribution in [2.45, 2.75) is 0 Å². The lowest BCUT2D eigenvalue weighted by molar-refractivity contribution is -0.117. The first-order valence-corrected chi connectivity index (χ1v) is 9.33. The molecule has 0 unspecified atom stereocenters. The molecular formula is C23H24ClN5O. The van der Waals surface area contributed by atoms with Gasteiger partial charge in [-0.1, -0.05) is 48.5 Å². The first kappa shape index (κ1) is 22.9. The molecule has 3 aromatic rings. The van der Waals surface area contributed by atoms with E-state index in [0.717, 1.165) is 11.3 Å². The number of nitrogens with one attached hydrogen (secondary N) is 1. The lowest BCUT2D eigenvalue weighted by Gasteiger charge is -2.09. The lowest BCUT2D eigenvalue weighted by Crippen LogP contribution is -2.31. The molecule has 0 saturated carbocycles. The van der Waals surface area contributed by atoms with Crippen LogP contribution < -0.4 is 5.32 Å². The summed E-state index contributed by atoms with van der Waals surface area (Å²) in [7, 11) is 3.86. The molecule has 0 aliphatic rings. The van der Waals surface area contributed by atoms with Crippen LogP contribution >= 0.6 is 12.4 Å². The second kappa shape index (κ2) is 11.0. The summed E-state index contributed by atoms with van der Waals surface area (Å²) < 4.78 is 1.76. The SMILES string of the molecule is CN(C)CCNC(=O)/C(C#N)=C\c1cn(-c2ccccc2)nc1-c1ccccc1.Cl. The zero-order chi connectivity index (χ0) is 20.6. The lowest BCUT2D eigenvalue weighted by atomic mass is 10.1. The molecule has 1 N–H and O–H groups in total. The molecule has 3 rings (SSSR count). The van der Waals surface area contributed by atoms with Crippen molar-refractivity contribution in [2.24, 2.45) is 0 Å². The highest BCUT2D eigenvalue weighted by Gasteiger charge is 2.14. The van der Waals surface area contributed by atoms with Crippen LogP contribution in [0.25, 0.3) is 23.0 Å². The predicted octanol–water partition coefficient (Wildman–Crippen LogP) is 3.55. The molecular weight excluding hydrogens is 398 g/mol. The van der Waals surface area contributed by atoms with Crippen LogP contribution in [0.1, 0.15) is 5.56 Å². The molecule has 0 radical (unpaired) electrons. The Hall–Kier alpha value is -3.40. The maximum absolute atomic E-state index is 12.4. The predicted molar refractivity (Wildman–Crippen MR) is 121 cm³/mol. The largest absolute Gasteiger partial charge is 0.350 e. The monoisotopic (exact) mass is 421 g/mol. The van der Waals surface area contributed by atoms with Crippen LogP contribution in [0.3, 0.4) is 0 Å². The highest BCUT2D eigenvalue weighted by Crippen LogP contribution is 2.25. The summed E-state index contributed by atoms with van der Waals surface area (Å²) in [6.45, 7) is 1.17. The van der Waals surface area contributed by atoms with Crippen LogP contribution in [-0.2, 0) is 4.79 Å². The number of halogens is 1. The van der Waals surface area contributed by atoms with Crippen LogP contribution in [0, 0.1) is 11.3 Å². The molecule has 0 fully saturated rings. The fourth-order valence-electron chi connectivity index (χ4n) is 2.82. The van der Waals surface area contributed by atoms with Gasteiger partial charge >= 0.3 is 0 Å². The minimum absolute atomic E-state index is 0. The number of hydrogen-bond acceptors (Lipinski definition) is 4. The number of carbonyl (C=O) groups excluding carboxylic acids is 1. The van der Waals surface area contributed by atoms with Crippen molar-refractivity contribution in [2.75, 3.05) is 27.2 Å². The zero-order valence-corrected chi connectivity index (χ0v) is 17.8. The van der Waals surface area contributed by atoms with Crippen LogP contribution in [0.2, 0.25) is 0 Å². The van der Waals surface area contributed by atoms with E-state index in [1.807, 2.05) is 91.9 Å². The Balaban J connectivity index is 0.00000320. The van der Waals surface area contributed by atoms with Crippen molar-refractivity contribution >= 4 is 24.4 Å². The molecule has 0 aliphatic carbocycles. The van der Waals surface area contributed by atoms with Gasteiger partial charge < -0.3 is 10.2 Å². The van der Waals surface area contributed by atoms with Crippen molar-refractivity contribution in [1.29, 1.82) is 5.26 Å². The van der Waals surface area contributed by atoms with Gasteiger partial charge in [-0.2, -0.15) is 10.4 Å². The molecule has 0 atom stereocenters. The molecule has 0 saturated heterocycles. The summed E-state index contributed by atoms with van der Waals surface area (Å²) in [6.07, 6.45) is 3.43. The van der Waals surface area contributed by atoms with E-state index in [0.29, 0.717) is 24.3 Å². The number of benzene rings is 2. The summed E-state index contributed by atoms with van der Waals surface area (Å²) in [5.41, 5.74) is 3.29. The zero-order valence-electron chi connectivity index (χ0n) is 16.9. The second-order valence-corrected chi connectivity index (χ2v) is 6.81. The Morgan fingerprint density at radius 2 is 1.77 bits per heavy atom. The number of rotatable bonds is 7. The number of likely N-dealkylation sites (N-methyl/N-ethyl adjacent to an activating group) is 1. The molecule has 1 heterocycles. The van der Waals surface area contributed by atoms with Crippen molar-refractivity contribution < 1.29 is 4.79 Å². The third-order valence-electron chi connectivity index (χ3n) is 4.32. The van der Waals surface area contributed by atoms with E-state index in [-0.39, 0.29) is 23.9 Å². The van der Waals surface area contributed by atoms with Gasteiger partial charge in [-0.25, -0.2) is 4.68 Å². The van der Waals surface area contributed by atoms with Crippen molar-refractivity contribution in [1.82, 2.24) is 20.0 Å². The number of amides is 1. The first-order chi connectivity index (χ1) is 14.1. The molecule has 0 spiro atoms. The number of carbonyl (C=O) groups is 1. The van der Waals surface area contributed by atoms with E-state index < -0.39 is 0 Å². The van der Waals surface area contributed by atoms with Crippen molar-refractivity contribution in [3.63, 3.8) is 0 Å². The van der Waals surface area contributed by atoms with Crippen LogP contribution in [0.15, 0.2) is 72.4 Å². The Morgan fingerprint density at radius 3 is 2.37 bits per heavy atom. The maximum atomic E-state index is 12.4. The molecule has 1 amide bonds. The van der Waals surface area contributed by atoms with E-state index in [1.165, 1.54) is 0 Å². The average Bonchev–Trinajstić information content (AvgIpc) is 3.17. The fraction of sp³-hybridized carbons (Fsp3) is 0.174. The Bertz CT molecular complexity index is 1040. The van der Waals surface area contributed by atoms with Gasteiger partial charge in [0.05, 0.1) is 11.4 Å². The average molecular weight is 422 g/mol. The summed E-state index contributed by atoms with van der Waals surface area (Å²) >= 11 is 0. The van der Waals surface area contributed by atoms with Gasteiger partial charge in [-0.3, -0.25) is 4.79 Å². The van der Waals surface area contributed by atoms with E-state index in [9.17, 15) is 10.1 Å². The second-order valence-electron chi connectivity index (χ2n) is 6.81. The summed E-state index contributed by atoms with van der Waals surface area (Å²) in [6, 6.07) is 21.5. The van der Waals surface area contributed by atoms with Gasteiger partial charge in [0.1, 0.15) is 11.6 Å². The first-order valence-electron chi connectivity index (χ1n) is 9.33. The van der Waals surface area contributed by atoms with Gasteiger partial charge in [0.25, 0.3) is 5.91 Å². The molecule has 1 aromatic heterocycles. The standard InChI is InChI=1S/C23H23N5O.ClH/c1-27(2)14-13-25-23(29)19(16-24)15-20-17-28(21-11-7-4-8-12-21)26-22(20)18-9-5-3-6-10-18;/h3-12,15,17H,13-14H2,1-2H3,(H,25,29);1H/b19-15-;. The third-order valence-corrected chi connectivity index (χ3v) is 4.32. The minimum Gasteiger partial charge on any atom is -0.350 e. The van der Waals surface area contributed by atoms with Gasteiger partial charge in [0.15, 0.2) is 0 Å². The number of nitrogens with zero attached hydrogens (tertiary/aromatic N) is 4. The number of nitriles is 1. The van der Waals surface area contributed by atoms with Crippen LogP contribution in [-0.4, -0.2) is 47.8 Å². The highest BCUT2D eigenvalue weighted by molar-refractivity contribution is 6.02. The number of para-hydroxylation sites is 1. The smallest absolute Gasteiger partial charge is 0.262 e. The minimum atomic E-state index is -0.388. The molecule has 0 aliphatic heterocycles. The van der Waals surface area contributed by atoms with Crippen molar-refractivity contribution in [3.05, 3.63) is 78.0 Å². The highest BCUT2D eigenvalue weighted by atomic mass is 35.5. The number of aromatic nitrogens is 2. The molecule has 30 heavy (non-hydrogen) atoms. The van der Waals surface area contributed by atoms with E-state index in [2.05, 4.69) is 5.32 Å². The normalized spacial score (nSPS) is 10.9. The molecule has 2 aromatic carbocycles. The maximum Gasteiger partial charge on any atom is 0.262 e. The molecule has 0 bridgehead atoms. The van der Waals surface area contributed by atoms with Gasteiger partial charge in [0, 0.05) is 30.4 Å². The topological polar surface area (TPSA) is 74.0 Å². The fourth-order valence-corrected chi connectivity index (χ4v) is 2.82. The Morgan fingerprint density at radius 1 is 1.13 bits per heavy atom. The summed E-state index contributed by atoms with van der Waals surface area (Å²) in [4.78, 5) is 14.4. The summed E-state index contributed by atoms with van der Waals surface area (Å²) in [5.74, 6) is -0.388. The van der Waals surface area contributed by atoms with E-state index in [4.69, 9.17) is 5.10 Å². The van der Waals surface area contributed by atoms with E-state index >= 15 is 0 Å². The molecule has 154 valence electrons. The molecule has 6 nitrogen and oxygen atoms in total. The van der Waals surface area contributed by atoms with Crippen LogP contribution in [0.5, 0.6) is 0 Å². The quantitative estimate of drug-likeness (QED) is 0.467. The van der Waals surface area contributed by atoms with Gasteiger partial charge in [0.2, 0.25) is 0 Å². The van der Waals surface area contributed by atoms with Crippen LogP contribution in [0.4, 0.5) is 0 Å².